The van der Waals surface area contributed by atoms with Crippen LogP contribution in [0.25, 0.3) is 0 Å². The van der Waals surface area contributed by atoms with E-state index in [4.69, 9.17) is 23.2 Å². The Balaban J connectivity index is 1.93. The summed E-state index contributed by atoms with van der Waals surface area (Å²) in [7, 11) is 1.96. The Morgan fingerprint density at radius 2 is 1.95 bits per heavy atom. The molecule has 1 amide bonds. The second-order valence-corrected chi connectivity index (χ2v) is 6.97. The zero-order valence-electron chi connectivity index (χ0n) is 13.3. The number of carbonyl (C=O) groups excluding carboxylic acids is 1. The number of amides is 1. The second kappa shape index (κ2) is 8.19. The maximum atomic E-state index is 12.5. The van der Waals surface area contributed by atoms with Crippen LogP contribution in [0.3, 0.4) is 0 Å². The van der Waals surface area contributed by atoms with Crippen LogP contribution in [0.15, 0.2) is 18.2 Å². The van der Waals surface area contributed by atoms with E-state index in [9.17, 15) is 4.79 Å². The van der Waals surface area contributed by atoms with Crippen molar-refractivity contribution in [1.82, 2.24) is 9.80 Å². The molecule has 0 bridgehead atoms. The first-order valence-electron chi connectivity index (χ1n) is 7.92. The smallest absolute Gasteiger partial charge is 0.236 e. The third-order valence-electron chi connectivity index (χ3n) is 4.20. The Morgan fingerprint density at radius 1 is 1.27 bits per heavy atom. The molecule has 0 aliphatic carbocycles. The summed E-state index contributed by atoms with van der Waals surface area (Å²) in [5.41, 5.74) is 1.03. The quantitative estimate of drug-likeness (QED) is 0.799. The number of piperidine rings is 1. The lowest BCUT2D eigenvalue weighted by Crippen LogP contribution is -2.47. The monoisotopic (exact) mass is 342 g/mol. The summed E-state index contributed by atoms with van der Waals surface area (Å²) in [6.45, 7) is 4.15. The maximum Gasteiger partial charge on any atom is 0.236 e. The van der Waals surface area contributed by atoms with Gasteiger partial charge in [-0.1, -0.05) is 30.1 Å². The van der Waals surface area contributed by atoms with E-state index in [-0.39, 0.29) is 5.91 Å². The van der Waals surface area contributed by atoms with Crippen molar-refractivity contribution in [3.8, 4) is 0 Å². The zero-order valence-corrected chi connectivity index (χ0v) is 14.8. The van der Waals surface area contributed by atoms with Gasteiger partial charge < -0.3 is 4.90 Å². The third-order valence-corrected chi connectivity index (χ3v) is 4.64. The van der Waals surface area contributed by atoms with Crippen molar-refractivity contribution in [3.05, 3.63) is 33.8 Å². The molecule has 0 spiro atoms. The average Bonchev–Trinajstić information content (AvgIpc) is 2.45. The minimum atomic E-state index is 0.224. The SMILES string of the molecule is CCC1CCCCN1C(=O)CN(C)Cc1cc(Cl)cc(Cl)c1. The van der Waals surface area contributed by atoms with E-state index in [1.165, 1.54) is 6.42 Å². The van der Waals surface area contributed by atoms with Gasteiger partial charge in [0.25, 0.3) is 0 Å². The van der Waals surface area contributed by atoms with Crippen LogP contribution in [-0.2, 0) is 11.3 Å². The first-order chi connectivity index (χ1) is 10.5. The third kappa shape index (κ3) is 4.87. The first-order valence-corrected chi connectivity index (χ1v) is 8.68. The molecular weight excluding hydrogens is 319 g/mol. The van der Waals surface area contributed by atoms with E-state index in [1.807, 2.05) is 24.1 Å². The molecule has 1 aromatic carbocycles. The van der Waals surface area contributed by atoms with Crippen molar-refractivity contribution < 1.29 is 4.79 Å². The Kier molecular flexibility index (Phi) is 6.54. The molecule has 0 saturated carbocycles. The van der Waals surface area contributed by atoms with Crippen LogP contribution in [0.5, 0.6) is 0 Å². The minimum Gasteiger partial charge on any atom is -0.339 e. The largest absolute Gasteiger partial charge is 0.339 e. The summed E-state index contributed by atoms with van der Waals surface area (Å²) in [5, 5.41) is 1.26. The highest BCUT2D eigenvalue weighted by Crippen LogP contribution is 2.21. The van der Waals surface area contributed by atoms with Crippen LogP contribution >= 0.6 is 23.2 Å². The second-order valence-electron chi connectivity index (χ2n) is 6.09. The Hall–Kier alpha value is -0.770. The lowest BCUT2D eigenvalue weighted by Gasteiger charge is -2.36. The Labute approximate surface area is 143 Å². The zero-order chi connectivity index (χ0) is 16.1. The Morgan fingerprint density at radius 3 is 2.59 bits per heavy atom. The number of nitrogens with zero attached hydrogens (tertiary/aromatic N) is 2. The number of likely N-dealkylation sites (N-methyl/N-ethyl adjacent to an activating group) is 1. The van der Waals surface area contributed by atoms with Crippen molar-refractivity contribution in [2.24, 2.45) is 0 Å². The predicted octanol–water partition coefficient (Wildman–Crippen LogP) is 4.22. The van der Waals surface area contributed by atoms with Gasteiger partial charge in [-0.15, -0.1) is 0 Å². The molecule has 0 N–H and O–H groups in total. The fourth-order valence-electron chi connectivity index (χ4n) is 3.14. The van der Waals surface area contributed by atoms with Gasteiger partial charge >= 0.3 is 0 Å². The highest BCUT2D eigenvalue weighted by atomic mass is 35.5. The van der Waals surface area contributed by atoms with Gasteiger partial charge in [0.15, 0.2) is 0 Å². The molecule has 122 valence electrons. The van der Waals surface area contributed by atoms with Crippen LogP contribution in [0, 0.1) is 0 Å². The molecule has 1 atom stereocenters. The van der Waals surface area contributed by atoms with Gasteiger partial charge in [0, 0.05) is 29.2 Å². The fraction of sp³-hybridized carbons (Fsp3) is 0.588. The Bertz CT molecular complexity index is 501. The summed E-state index contributed by atoms with van der Waals surface area (Å²) < 4.78 is 0. The fourth-order valence-corrected chi connectivity index (χ4v) is 3.72. The van der Waals surface area contributed by atoms with Gasteiger partial charge in [0.2, 0.25) is 5.91 Å². The van der Waals surface area contributed by atoms with Crippen LogP contribution in [0.2, 0.25) is 10.0 Å². The van der Waals surface area contributed by atoms with Gasteiger partial charge in [-0.2, -0.15) is 0 Å². The number of benzene rings is 1. The average molecular weight is 343 g/mol. The van der Waals surface area contributed by atoms with Gasteiger partial charge in [-0.25, -0.2) is 0 Å². The van der Waals surface area contributed by atoms with Gasteiger partial charge in [0.05, 0.1) is 6.54 Å². The molecule has 1 aromatic rings. The maximum absolute atomic E-state index is 12.5. The normalized spacial score (nSPS) is 18.8. The molecule has 1 fully saturated rings. The molecular formula is C17H24Cl2N2O. The molecule has 1 unspecified atom stereocenters. The van der Waals surface area contributed by atoms with Crippen molar-refractivity contribution in [3.63, 3.8) is 0 Å². The minimum absolute atomic E-state index is 0.224. The summed E-state index contributed by atoms with van der Waals surface area (Å²) >= 11 is 12.0. The summed E-state index contributed by atoms with van der Waals surface area (Å²) in [4.78, 5) is 16.6. The van der Waals surface area contributed by atoms with E-state index in [0.29, 0.717) is 29.2 Å². The van der Waals surface area contributed by atoms with Crippen molar-refractivity contribution in [1.29, 1.82) is 0 Å². The van der Waals surface area contributed by atoms with Gasteiger partial charge in [-0.3, -0.25) is 9.69 Å². The molecule has 2 rings (SSSR count). The van der Waals surface area contributed by atoms with E-state index in [0.717, 1.165) is 31.4 Å². The molecule has 1 heterocycles. The van der Waals surface area contributed by atoms with Gasteiger partial charge in [0.1, 0.15) is 0 Å². The number of carbonyl (C=O) groups is 1. The lowest BCUT2D eigenvalue weighted by atomic mass is 10.00. The van der Waals surface area contributed by atoms with Crippen molar-refractivity contribution in [2.75, 3.05) is 20.1 Å². The molecule has 1 aliphatic rings. The summed E-state index contributed by atoms with van der Waals surface area (Å²) in [6, 6.07) is 5.92. The first kappa shape index (κ1) is 17.6. The van der Waals surface area contributed by atoms with Crippen molar-refractivity contribution >= 4 is 29.1 Å². The van der Waals surface area contributed by atoms with E-state index in [2.05, 4.69) is 11.8 Å². The lowest BCUT2D eigenvalue weighted by molar-refractivity contribution is -0.136. The molecule has 3 nitrogen and oxygen atoms in total. The number of hydrogen-bond acceptors (Lipinski definition) is 2. The molecule has 1 aliphatic heterocycles. The summed E-state index contributed by atoms with van der Waals surface area (Å²) in [6.07, 6.45) is 4.53. The molecule has 22 heavy (non-hydrogen) atoms. The number of halogens is 2. The van der Waals surface area contributed by atoms with Gasteiger partial charge in [-0.05, 0) is 56.5 Å². The predicted molar refractivity (Wildman–Crippen MR) is 92.4 cm³/mol. The molecule has 0 radical (unpaired) electrons. The van der Waals surface area contributed by atoms with Crippen LogP contribution in [0.1, 0.15) is 38.2 Å². The highest BCUT2D eigenvalue weighted by Gasteiger charge is 2.25. The number of rotatable bonds is 5. The number of hydrogen-bond donors (Lipinski definition) is 0. The molecule has 1 saturated heterocycles. The van der Waals surface area contributed by atoms with E-state index >= 15 is 0 Å². The van der Waals surface area contributed by atoms with E-state index in [1.54, 1.807) is 6.07 Å². The van der Waals surface area contributed by atoms with Crippen LogP contribution < -0.4 is 0 Å². The van der Waals surface area contributed by atoms with Crippen LogP contribution in [-0.4, -0.2) is 41.9 Å². The van der Waals surface area contributed by atoms with Crippen molar-refractivity contribution in [2.45, 2.75) is 45.2 Å². The topological polar surface area (TPSA) is 23.6 Å². The summed E-state index contributed by atoms with van der Waals surface area (Å²) in [5.74, 6) is 0.224. The molecule has 5 heteroatoms. The number of likely N-dealkylation sites (tertiary alicyclic amines) is 1. The van der Waals surface area contributed by atoms with Crippen LogP contribution in [0.4, 0.5) is 0 Å². The highest BCUT2D eigenvalue weighted by molar-refractivity contribution is 6.34. The molecule has 0 aromatic heterocycles. The standard InChI is InChI=1S/C17H24Cl2N2O/c1-3-16-6-4-5-7-21(16)17(22)12-20(2)11-13-8-14(18)10-15(19)9-13/h8-10,16H,3-7,11-12H2,1-2H3. The van der Waals surface area contributed by atoms with E-state index < -0.39 is 0 Å².